The quantitative estimate of drug-likeness (QED) is 0.352. The Morgan fingerprint density at radius 2 is 1.79 bits per heavy atom. The van der Waals surface area contributed by atoms with Crippen LogP contribution in [0.5, 0.6) is 5.75 Å². The van der Waals surface area contributed by atoms with Crippen LogP contribution >= 0.6 is 0 Å². The van der Waals surface area contributed by atoms with Gasteiger partial charge in [0.15, 0.2) is 0 Å². The fourth-order valence-electron chi connectivity index (χ4n) is 3.29. The van der Waals surface area contributed by atoms with E-state index in [2.05, 4.69) is 37.5 Å². The maximum absolute atomic E-state index is 6.33. The summed E-state index contributed by atoms with van der Waals surface area (Å²) in [5.41, 5.74) is 2.27. The molecular weight excluding hydrogens is 349 g/mol. The van der Waals surface area contributed by atoms with Gasteiger partial charge in [-0.3, -0.25) is 0 Å². The van der Waals surface area contributed by atoms with Crippen LogP contribution < -0.4 is 4.74 Å². The first-order valence-electron chi connectivity index (χ1n) is 10.7. The molecule has 28 heavy (non-hydrogen) atoms. The van der Waals surface area contributed by atoms with Gasteiger partial charge in [-0.25, -0.2) is 0 Å². The average Bonchev–Trinajstić information content (AvgIpc) is 2.82. The number of ether oxygens (including phenoxy) is 2. The molecule has 0 unspecified atom stereocenters. The summed E-state index contributed by atoms with van der Waals surface area (Å²) in [6.45, 7) is 12.5. The average molecular weight is 385 g/mol. The van der Waals surface area contributed by atoms with Gasteiger partial charge in [-0.15, -0.1) is 0 Å². The van der Waals surface area contributed by atoms with Crippen LogP contribution in [-0.4, -0.2) is 31.6 Å². The van der Waals surface area contributed by atoms with Crippen LogP contribution in [0.4, 0.5) is 0 Å². The predicted molar refractivity (Wildman–Crippen MR) is 117 cm³/mol. The fraction of sp³-hybridized carbons (Fsp3) is 0.565. The number of unbranched alkanes of at least 4 members (excludes halogenated alkanes) is 2. The molecule has 1 aliphatic rings. The topological polar surface area (TPSA) is 30.9 Å². The largest absolute Gasteiger partial charge is 0.535 e. The Hall–Kier alpha value is -2.04. The highest BCUT2D eigenvalue weighted by molar-refractivity contribution is 6.52. The summed E-state index contributed by atoms with van der Waals surface area (Å²) in [5.74, 6) is 1.49. The molecule has 0 radical (unpaired) electrons. The standard InChI is InChI=1S/C23H36BNO3/c1-6-8-14-24(15-9-7-2)28-23-18-25(16-19(3)20(4)27-23)17-21-10-12-22(26-5)13-11-21/h10-13,18,20H,3,6-9,14-17H2,1-2,4-5H3/t20-/m0/s1. The molecule has 0 spiro atoms. The summed E-state index contributed by atoms with van der Waals surface area (Å²) in [5, 5.41) is 0. The number of hydrogen-bond acceptors (Lipinski definition) is 4. The summed E-state index contributed by atoms with van der Waals surface area (Å²) in [7, 11) is 1.69. The van der Waals surface area contributed by atoms with E-state index < -0.39 is 0 Å². The number of methoxy groups -OCH3 is 1. The van der Waals surface area contributed by atoms with E-state index in [9.17, 15) is 0 Å². The molecule has 1 aromatic rings. The zero-order valence-electron chi connectivity index (χ0n) is 18.1. The summed E-state index contributed by atoms with van der Waals surface area (Å²) < 4.78 is 17.7. The maximum atomic E-state index is 6.33. The van der Waals surface area contributed by atoms with Crippen molar-refractivity contribution >= 4 is 6.92 Å². The summed E-state index contributed by atoms with van der Waals surface area (Å²) in [6.07, 6.45) is 8.84. The highest BCUT2D eigenvalue weighted by Crippen LogP contribution is 2.23. The second-order valence-electron chi connectivity index (χ2n) is 7.64. The normalized spacial score (nSPS) is 16.9. The molecule has 0 fully saturated rings. The highest BCUT2D eigenvalue weighted by Gasteiger charge is 2.24. The Balaban J connectivity index is 2.10. The Morgan fingerprint density at radius 3 is 2.36 bits per heavy atom. The van der Waals surface area contributed by atoms with Crippen molar-refractivity contribution in [1.29, 1.82) is 0 Å². The van der Waals surface area contributed by atoms with Crippen molar-refractivity contribution < 1.29 is 14.1 Å². The van der Waals surface area contributed by atoms with Gasteiger partial charge >= 0.3 is 6.92 Å². The molecule has 1 aromatic carbocycles. The Kier molecular flexibility index (Phi) is 9.32. The van der Waals surface area contributed by atoms with Gasteiger partial charge in [0.25, 0.3) is 5.95 Å². The molecule has 0 bridgehead atoms. The van der Waals surface area contributed by atoms with E-state index in [1.807, 2.05) is 25.3 Å². The number of benzene rings is 1. The van der Waals surface area contributed by atoms with Crippen LogP contribution in [0.25, 0.3) is 0 Å². The zero-order valence-corrected chi connectivity index (χ0v) is 18.1. The first-order chi connectivity index (χ1) is 13.5. The van der Waals surface area contributed by atoms with E-state index in [1.54, 1.807) is 7.11 Å². The monoisotopic (exact) mass is 385 g/mol. The van der Waals surface area contributed by atoms with E-state index in [4.69, 9.17) is 14.1 Å². The molecule has 154 valence electrons. The molecule has 5 heteroatoms. The lowest BCUT2D eigenvalue weighted by molar-refractivity contribution is 0.0721. The molecule has 2 rings (SSSR count). The first kappa shape index (κ1) is 22.3. The third-order valence-electron chi connectivity index (χ3n) is 5.15. The van der Waals surface area contributed by atoms with E-state index in [0.29, 0.717) is 5.95 Å². The van der Waals surface area contributed by atoms with Crippen molar-refractivity contribution in [3.05, 3.63) is 54.1 Å². The molecule has 0 amide bonds. The van der Waals surface area contributed by atoms with Crippen LogP contribution in [-0.2, 0) is 15.9 Å². The Morgan fingerprint density at radius 1 is 1.14 bits per heavy atom. The number of nitrogens with zero attached hydrogens (tertiary/aromatic N) is 1. The molecule has 0 aromatic heterocycles. The van der Waals surface area contributed by atoms with Gasteiger partial charge in [0.2, 0.25) is 0 Å². The molecule has 1 heterocycles. The van der Waals surface area contributed by atoms with Gasteiger partial charge in [0.05, 0.1) is 13.3 Å². The van der Waals surface area contributed by atoms with E-state index in [-0.39, 0.29) is 13.0 Å². The van der Waals surface area contributed by atoms with Crippen LogP contribution in [0.15, 0.2) is 48.6 Å². The fourth-order valence-corrected chi connectivity index (χ4v) is 3.29. The smallest absolute Gasteiger partial charge is 0.361 e. The van der Waals surface area contributed by atoms with Crippen LogP contribution in [0.3, 0.4) is 0 Å². The minimum Gasteiger partial charge on any atom is -0.535 e. The third-order valence-corrected chi connectivity index (χ3v) is 5.15. The molecule has 1 aliphatic heterocycles. The van der Waals surface area contributed by atoms with Crippen LogP contribution in [0.2, 0.25) is 12.6 Å². The Bertz CT molecular complexity index is 621. The van der Waals surface area contributed by atoms with Gasteiger partial charge in [-0.05, 0) is 42.8 Å². The Labute approximate surface area is 171 Å². The molecule has 0 saturated carbocycles. The molecule has 1 atom stereocenters. The van der Waals surface area contributed by atoms with Crippen molar-refractivity contribution in [2.45, 2.75) is 71.7 Å². The molecule has 0 saturated heterocycles. The summed E-state index contributed by atoms with van der Waals surface area (Å²) in [6, 6.07) is 8.17. The van der Waals surface area contributed by atoms with Crippen molar-refractivity contribution in [3.63, 3.8) is 0 Å². The molecular formula is C23H36BNO3. The van der Waals surface area contributed by atoms with Gasteiger partial charge in [-0.1, -0.05) is 58.2 Å². The number of hydrogen-bond donors (Lipinski definition) is 0. The summed E-state index contributed by atoms with van der Waals surface area (Å²) >= 11 is 0. The highest BCUT2D eigenvalue weighted by atomic mass is 16.7. The number of rotatable bonds is 11. The van der Waals surface area contributed by atoms with Crippen molar-refractivity contribution in [3.8, 4) is 5.75 Å². The van der Waals surface area contributed by atoms with Crippen LogP contribution in [0.1, 0.15) is 52.0 Å². The van der Waals surface area contributed by atoms with Crippen molar-refractivity contribution in [1.82, 2.24) is 4.90 Å². The van der Waals surface area contributed by atoms with Crippen molar-refractivity contribution in [2.75, 3.05) is 13.7 Å². The first-order valence-corrected chi connectivity index (χ1v) is 10.7. The predicted octanol–water partition coefficient (Wildman–Crippen LogP) is 5.88. The van der Waals surface area contributed by atoms with Gasteiger partial charge < -0.3 is 19.0 Å². The second-order valence-corrected chi connectivity index (χ2v) is 7.64. The summed E-state index contributed by atoms with van der Waals surface area (Å²) in [4.78, 5) is 2.22. The van der Waals surface area contributed by atoms with E-state index >= 15 is 0 Å². The van der Waals surface area contributed by atoms with E-state index in [1.165, 1.54) is 31.2 Å². The lowest BCUT2D eigenvalue weighted by Crippen LogP contribution is -2.21. The van der Waals surface area contributed by atoms with Gasteiger partial charge in [-0.2, -0.15) is 0 Å². The lowest BCUT2D eigenvalue weighted by Gasteiger charge is -2.21. The third kappa shape index (κ3) is 7.18. The zero-order chi connectivity index (χ0) is 20.4. The van der Waals surface area contributed by atoms with Gasteiger partial charge in [0.1, 0.15) is 11.9 Å². The SMILES string of the molecule is C=C1CN(Cc2ccc(OC)cc2)C=C(OB(CCCC)CCCC)O[C@H]1C. The van der Waals surface area contributed by atoms with E-state index in [0.717, 1.165) is 37.1 Å². The van der Waals surface area contributed by atoms with Gasteiger partial charge in [0, 0.05) is 13.1 Å². The lowest BCUT2D eigenvalue weighted by atomic mass is 9.59. The van der Waals surface area contributed by atoms with Crippen molar-refractivity contribution in [2.24, 2.45) is 0 Å². The molecule has 0 aliphatic carbocycles. The van der Waals surface area contributed by atoms with Crippen LogP contribution in [0, 0.1) is 0 Å². The minimum absolute atomic E-state index is 0.0508. The second kappa shape index (κ2) is 11.7. The maximum Gasteiger partial charge on any atom is 0.361 e. The minimum atomic E-state index is -0.0508. The molecule has 4 nitrogen and oxygen atoms in total. The molecule has 0 N–H and O–H groups in total.